The van der Waals surface area contributed by atoms with Gasteiger partial charge in [-0.15, -0.1) is 0 Å². The van der Waals surface area contributed by atoms with Gasteiger partial charge in [-0.1, -0.05) is 0 Å². The summed E-state index contributed by atoms with van der Waals surface area (Å²) in [5, 5.41) is 6.61. The average molecular weight is 354 g/mol. The number of piperidine rings is 1. The molecule has 4 rings (SSSR count). The van der Waals surface area contributed by atoms with E-state index in [9.17, 15) is 9.59 Å². The highest BCUT2D eigenvalue weighted by Gasteiger charge is 2.29. The minimum atomic E-state index is -0.133. The standard InChI is InChI=1S/C19H22N4O3/c1-11(13-7-18(25)22-10-13)26-19-14-3-2-6-20-16(14)8-15(23-19)12-4-5-17(24)21-9-12/h2-3,6,8,11-13H,4-5,7,9-10H2,1H3,(H,21,24)(H,22,25)/t11-,12?,13-/m1/s1. The van der Waals surface area contributed by atoms with Crippen LogP contribution in [0.15, 0.2) is 24.4 Å². The number of nitrogens with one attached hydrogen (secondary N) is 2. The van der Waals surface area contributed by atoms with Crippen molar-refractivity contribution in [2.45, 2.75) is 38.2 Å². The molecule has 2 aromatic heterocycles. The fraction of sp³-hybridized carbons (Fsp3) is 0.474. The lowest BCUT2D eigenvalue weighted by molar-refractivity contribution is -0.122. The third-order valence-corrected chi connectivity index (χ3v) is 5.24. The second-order valence-corrected chi connectivity index (χ2v) is 7.05. The Balaban J connectivity index is 1.63. The molecule has 136 valence electrons. The molecule has 0 aromatic carbocycles. The Hall–Kier alpha value is -2.70. The maximum absolute atomic E-state index is 11.5. The number of fused-ring (bicyclic) bond motifs is 1. The van der Waals surface area contributed by atoms with Crippen molar-refractivity contribution in [2.75, 3.05) is 13.1 Å². The average Bonchev–Trinajstić information content (AvgIpc) is 3.09. The summed E-state index contributed by atoms with van der Waals surface area (Å²) in [7, 11) is 0. The topological polar surface area (TPSA) is 93.2 Å². The van der Waals surface area contributed by atoms with Gasteiger partial charge in [0.15, 0.2) is 0 Å². The van der Waals surface area contributed by atoms with E-state index in [0.29, 0.717) is 31.8 Å². The smallest absolute Gasteiger partial charge is 0.223 e. The second kappa shape index (κ2) is 6.90. The van der Waals surface area contributed by atoms with Gasteiger partial charge in [-0.05, 0) is 31.5 Å². The summed E-state index contributed by atoms with van der Waals surface area (Å²) in [6.45, 7) is 3.19. The molecule has 1 unspecified atom stereocenters. The quantitative estimate of drug-likeness (QED) is 0.868. The number of pyridine rings is 2. The predicted octanol–water partition coefficient (Wildman–Crippen LogP) is 1.53. The Labute approximate surface area is 151 Å². The van der Waals surface area contributed by atoms with E-state index in [1.807, 2.05) is 25.1 Å². The zero-order chi connectivity index (χ0) is 18.1. The van der Waals surface area contributed by atoms with Crippen LogP contribution in [0.25, 0.3) is 10.9 Å². The molecule has 0 aliphatic carbocycles. The molecule has 0 saturated carbocycles. The first-order valence-corrected chi connectivity index (χ1v) is 9.06. The molecule has 0 bridgehead atoms. The van der Waals surface area contributed by atoms with Gasteiger partial charge in [-0.2, -0.15) is 0 Å². The Morgan fingerprint density at radius 2 is 2.08 bits per heavy atom. The van der Waals surface area contributed by atoms with Gasteiger partial charge >= 0.3 is 0 Å². The number of nitrogens with zero attached hydrogens (tertiary/aromatic N) is 2. The SMILES string of the molecule is C[C@@H](Oc1nc(C2CCC(=O)NC2)cc2ncccc12)[C@H]1CNC(=O)C1. The zero-order valence-corrected chi connectivity index (χ0v) is 14.7. The van der Waals surface area contributed by atoms with Crippen LogP contribution in [0.3, 0.4) is 0 Å². The lowest BCUT2D eigenvalue weighted by atomic mass is 9.95. The first kappa shape index (κ1) is 16.8. The van der Waals surface area contributed by atoms with Crippen molar-refractivity contribution in [3.05, 3.63) is 30.1 Å². The molecule has 2 N–H and O–H groups in total. The van der Waals surface area contributed by atoms with E-state index in [1.54, 1.807) is 6.20 Å². The van der Waals surface area contributed by atoms with Crippen LogP contribution in [-0.4, -0.2) is 41.0 Å². The van der Waals surface area contributed by atoms with Gasteiger partial charge in [0.2, 0.25) is 17.7 Å². The highest BCUT2D eigenvalue weighted by Crippen LogP contribution is 2.31. The Kier molecular flexibility index (Phi) is 4.44. The first-order chi connectivity index (χ1) is 12.6. The summed E-state index contributed by atoms with van der Waals surface area (Å²) in [6.07, 6.45) is 3.38. The van der Waals surface area contributed by atoms with Crippen molar-refractivity contribution in [3.63, 3.8) is 0 Å². The van der Waals surface area contributed by atoms with Crippen LogP contribution < -0.4 is 15.4 Å². The lowest BCUT2D eigenvalue weighted by Gasteiger charge is -2.24. The summed E-state index contributed by atoms with van der Waals surface area (Å²) in [6, 6.07) is 5.79. The highest BCUT2D eigenvalue weighted by atomic mass is 16.5. The Bertz CT molecular complexity index is 844. The van der Waals surface area contributed by atoms with E-state index in [2.05, 4.69) is 15.6 Å². The van der Waals surface area contributed by atoms with Crippen LogP contribution in [-0.2, 0) is 9.59 Å². The largest absolute Gasteiger partial charge is 0.474 e. The van der Waals surface area contributed by atoms with E-state index in [4.69, 9.17) is 9.72 Å². The molecule has 2 fully saturated rings. The van der Waals surface area contributed by atoms with Crippen LogP contribution in [0.2, 0.25) is 0 Å². The van der Waals surface area contributed by atoms with E-state index in [-0.39, 0.29) is 29.8 Å². The number of carbonyl (C=O) groups is 2. The second-order valence-electron chi connectivity index (χ2n) is 7.05. The van der Waals surface area contributed by atoms with Gasteiger partial charge in [0.1, 0.15) is 6.10 Å². The van der Waals surface area contributed by atoms with Crippen molar-refractivity contribution in [3.8, 4) is 5.88 Å². The Morgan fingerprint density at radius 3 is 2.81 bits per heavy atom. The fourth-order valence-corrected chi connectivity index (χ4v) is 3.58. The summed E-state index contributed by atoms with van der Waals surface area (Å²) in [5.74, 6) is 0.995. The van der Waals surface area contributed by atoms with Gasteiger partial charge in [-0.25, -0.2) is 4.98 Å². The van der Waals surface area contributed by atoms with Crippen LogP contribution >= 0.6 is 0 Å². The molecule has 7 heteroatoms. The fourth-order valence-electron chi connectivity index (χ4n) is 3.58. The number of rotatable bonds is 4. The van der Waals surface area contributed by atoms with Crippen LogP contribution in [0.4, 0.5) is 0 Å². The van der Waals surface area contributed by atoms with Crippen molar-refractivity contribution in [2.24, 2.45) is 5.92 Å². The Morgan fingerprint density at radius 1 is 1.23 bits per heavy atom. The minimum absolute atomic E-state index is 0.0663. The molecule has 2 aliphatic heterocycles. The molecule has 2 amide bonds. The van der Waals surface area contributed by atoms with Gasteiger partial charge in [0.25, 0.3) is 0 Å². The summed E-state index contributed by atoms with van der Waals surface area (Å²) in [5.41, 5.74) is 1.72. The van der Waals surface area contributed by atoms with E-state index in [0.717, 1.165) is 23.0 Å². The monoisotopic (exact) mass is 354 g/mol. The molecular weight excluding hydrogens is 332 g/mol. The van der Waals surface area contributed by atoms with Crippen molar-refractivity contribution in [1.82, 2.24) is 20.6 Å². The van der Waals surface area contributed by atoms with Gasteiger partial charge in [-0.3, -0.25) is 14.6 Å². The number of hydrogen-bond donors (Lipinski definition) is 2. The third kappa shape index (κ3) is 3.34. The summed E-state index contributed by atoms with van der Waals surface area (Å²) in [4.78, 5) is 32.1. The van der Waals surface area contributed by atoms with Gasteiger partial charge in [0.05, 0.1) is 16.6 Å². The number of hydrogen-bond acceptors (Lipinski definition) is 5. The maximum atomic E-state index is 11.5. The molecule has 0 radical (unpaired) electrons. The van der Waals surface area contributed by atoms with Crippen molar-refractivity contribution < 1.29 is 14.3 Å². The van der Waals surface area contributed by atoms with Gasteiger partial charge in [0, 0.05) is 44.0 Å². The number of aromatic nitrogens is 2. The van der Waals surface area contributed by atoms with E-state index >= 15 is 0 Å². The number of ether oxygens (including phenoxy) is 1. The van der Waals surface area contributed by atoms with Crippen molar-refractivity contribution in [1.29, 1.82) is 0 Å². The third-order valence-electron chi connectivity index (χ3n) is 5.24. The number of carbonyl (C=O) groups excluding carboxylic acids is 2. The lowest BCUT2D eigenvalue weighted by Crippen LogP contribution is -2.34. The molecule has 3 atom stereocenters. The maximum Gasteiger partial charge on any atom is 0.223 e. The van der Waals surface area contributed by atoms with Crippen LogP contribution in [0.1, 0.15) is 37.8 Å². The molecule has 2 aromatic rings. The first-order valence-electron chi connectivity index (χ1n) is 9.06. The molecule has 7 nitrogen and oxygen atoms in total. The van der Waals surface area contributed by atoms with Crippen LogP contribution in [0.5, 0.6) is 5.88 Å². The highest BCUT2D eigenvalue weighted by molar-refractivity contribution is 5.84. The molecule has 0 spiro atoms. The van der Waals surface area contributed by atoms with E-state index in [1.165, 1.54) is 0 Å². The summed E-state index contributed by atoms with van der Waals surface area (Å²) >= 11 is 0. The van der Waals surface area contributed by atoms with E-state index < -0.39 is 0 Å². The molecular formula is C19H22N4O3. The number of amides is 2. The zero-order valence-electron chi connectivity index (χ0n) is 14.7. The normalized spacial score (nSPS) is 24.2. The van der Waals surface area contributed by atoms with Gasteiger partial charge < -0.3 is 15.4 Å². The summed E-state index contributed by atoms with van der Waals surface area (Å²) < 4.78 is 6.18. The predicted molar refractivity (Wildman–Crippen MR) is 95.7 cm³/mol. The minimum Gasteiger partial charge on any atom is -0.474 e. The molecule has 2 saturated heterocycles. The molecule has 2 aliphatic rings. The van der Waals surface area contributed by atoms with Crippen molar-refractivity contribution >= 4 is 22.7 Å². The van der Waals surface area contributed by atoms with Crippen LogP contribution in [0, 0.1) is 5.92 Å². The molecule has 26 heavy (non-hydrogen) atoms. The molecule has 4 heterocycles.